The molecule has 0 saturated carbocycles. The maximum atomic E-state index is 6.42. The van der Waals surface area contributed by atoms with Gasteiger partial charge in [-0.25, -0.2) is 4.98 Å². The standard InChI is InChI=1S/C16H13BrCl2N2/c1-9-4-3-5-14-15(9)20-16(10(2)18)21(14)13-7-6-11(17)8-12(13)19/h3-8,10H,1-2H3. The van der Waals surface area contributed by atoms with Gasteiger partial charge in [0.25, 0.3) is 0 Å². The molecule has 1 heterocycles. The summed E-state index contributed by atoms with van der Waals surface area (Å²) in [5.41, 5.74) is 3.98. The Balaban J connectivity index is 2.39. The quantitative estimate of drug-likeness (QED) is 0.492. The number of aryl methyl sites for hydroxylation is 1. The van der Waals surface area contributed by atoms with Crippen molar-refractivity contribution in [2.75, 3.05) is 0 Å². The fraction of sp³-hybridized carbons (Fsp3) is 0.188. The van der Waals surface area contributed by atoms with Gasteiger partial charge in [-0.1, -0.05) is 39.7 Å². The fourth-order valence-corrected chi connectivity index (χ4v) is 3.34. The summed E-state index contributed by atoms with van der Waals surface area (Å²) < 4.78 is 2.98. The Bertz CT molecular complexity index is 825. The van der Waals surface area contributed by atoms with Crippen molar-refractivity contribution in [3.8, 4) is 5.69 Å². The molecule has 0 radical (unpaired) electrons. The summed E-state index contributed by atoms with van der Waals surface area (Å²) in [6, 6.07) is 11.9. The van der Waals surface area contributed by atoms with Crippen molar-refractivity contribution in [2.24, 2.45) is 0 Å². The van der Waals surface area contributed by atoms with Gasteiger partial charge in [-0.3, -0.25) is 4.57 Å². The molecule has 0 bridgehead atoms. The highest BCUT2D eigenvalue weighted by molar-refractivity contribution is 9.10. The Morgan fingerprint density at radius 3 is 2.67 bits per heavy atom. The molecular weight excluding hydrogens is 371 g/mol. The van der Waals surface area contributed by atoms with Crippen LogP contribution in [0.2, 0.25) is 5.02 Å². The Kier molecular flexibility index (Phi) is 4.00. The topological polar surface area (TPSA) is 17.8 Å². The predicted molar refractivity (Wildman–Crippen MR) is 92.8 cm³/mol. The van der Waals surface area contributed by atoms with E-state index in [0.29, 0.717) is 5.02 Å². The lowest BCUT2D eigenvalue weighted by molar-refractivity contribution is 0.882. The van der Waals surface area contributed by atoms with Crippen LogP contribution in [0.4, 0.5) is 0 Å². The number of hydrogen-bond donors (Lipinski definition) is 0. The van der Waals surface area contributed by atoms with Crippen molar-refractivity contribution in [3.05, 3.63) is 57.3 Å². The Morgan fingerprint density at radius 1 is 1.24 bits per heavy atom. The molecule has 108 valence electrons. The highest BCUT2D eigenvalue weighted by Crippen LogP contribution is 2.33. The van der Waals surface area contributed by atoms with E-state index >= 15 is 0 Å². The number of imidazole rings is 1. The van der Waals surface area contributed by atoms with Crippen molar-refractivity contribution >= 4 is 50.2 Å². The van der Waals surface area contributed by atoms with E-state index in [-0.39, 0.29) is 5.38 Å². The van der Waals surface area contributed by atoms with Crippen molar-refractivity contribution in [3.63, 3.8) is 0 Å². The normalized spacial score (nSPS) is 12.8. The van der Waals surface area contributed by atoms with Crippen molar-refractivity contribution in [1.82, 2.24) is 9.55 Å². The minimum atomic E-state index is -0.212. The minimum Gasteiger partial charge on any atom is -0.294 e. The molecule has 0 aliphatic heterocycles. The van der Waals surface area contributed by atoms with Crippen LogP contribution in [0.3, 0.4) is 0 Å². The fourth-order valence-electron chi connectivity index (χ4n) is 2.44. The summed E-state index contributed by atoms with van der Waals surface area (Å²) in [5.74, 6) is 0.796. The van der Waals surface area contributed by atoms with Gasteiger partial charge in [0.05, 0.1) is 27.1 Å². The van der Waals surface area contributed by atoms with Gasteiger partial charge in [0.2, 0.25) is 0 Å². The van der Waals surface area contributed by atoms with E-state index < -0.39 is 0 Å². The predicted octanol–water partition coefficient (Wildman–Crippen LogP) is 6.05. The summed E-state index contributed by atoms with van der Waals surface area (Å²) in [4.78, 5) is 4.71. The second kappa shape index (κ2) is 5.64. The maximum Gasteiger partial charge on any atom is 0.132 e. The molecule has 2 aromatic carbocycles. The van der Waals surface area contributed by atoms with Crippen LogP contribution in [0.15, 0.2) is 40.9 Å². The molecule has 0 spiro atoms. The maximum absolute atomic E-state index is 6.42. The number of nitrogens with zero attached hydrogens (tertiary/aromatic N) is 2. The smallest absolute Gasteiger partial charge is 0.132 e. The van der Waals surface area contributed by atoms with Crippen LogP contribution in [-0.2, 0) is 0 Å². The molecule has 0 N–H and O–H groups in total. The van der Waals surface area contributed by atoms with Crippen LogP contribution < -0.4 is 0 Å². The third-order valence-electron chi connectivity index (χ3n) is 3.42. The molecule has 0 aliphatic rings. The van der Waals surface area contributed by atoms with Gasteiger partial charge in [-0.15, -0.1) is 11.6 Å². The number of halogens is 3. The lowest BCUT2D eigenvalue weighted by Crippen LogP contribution is -2.02. The zero-order valence-corrected chi connectivity index (χ0v) is 14.7. The van der Waals surface area contributed by atoms with Crippen LogP contribution in [0, 0.1) is 6.92 Å². The third kappa shape index (κ3) is 2.59. The number of alkyl halides is 1. The lowest BCUT2D eigenvalue weighted by atomic mass is 10.2. The van der Waals surface area contributed by atoms with Gasteiger partial charge >= 0.3 is 0 Å². The molecule has 3 aromatic rings. The number of rotatable bonds is 2. The SMILES string of the molecule is Cc1cccc2c1nc(C(C)Cl)n2-c1ccc(Br)cc1Cl. The van der Waals surface area contributed by atoms with E-state index in [4.69, 9.17) is 28.2 Å². The molecule has 0 aliphatic carbocycles. The summed E-state index contributed by atoms with van der Waals surface area (Å²) in [5, 5.41) is 0.445. The van der Waals surface area contributed by atoms with Crippen molar-refractivity contribution < 1.29 is 0 Å². The first-order valence-corrected chi connectivity index (χ1v) is 8.17. The number of para-hydroxylation sites is 1. The van der Waals surface area contributed by atoms with E-state index in [0.717, 1.165) is 32.6 Å². The van der Waals surface area contributed by atoms with Gasteiger partial charge in [-0.2, -0.15) is 0 Å². The van der Waals surface area contributed by atoms with E-state index in [1.54, 1.807) is 0 Å². The average Bonchev–Trinajstić information content (AvgIpc) is 2.80. The second-order valence-corrected chi connectivity index (χ2v) is 6.94. The molecular formula is C16H13BrCl2N2. The minimum absolute atomic E-state index is 0.212. The van der Waals surface area contributed by atoms with Gasteiger partial charge in [-0.05, 0) is 43.7 Å². The van der Waals surface area contributed by atoms with Crippen LogP contribution >= 0.6 is 39.1 Å². The van der Waals surface area contributed by atoms with Crippen molar-refractivity contribution in [1.29, 1.82) is 0 Å². The van der Waals surface area contributed by atoms with Crippen LogP contribution in [0.25, 0.3) is 16.7 Å². The molecule has 1 unspecified atom stereocenters. The number of aromatic nitrogens is 2. The number of benzene rings is 2. The van der Waals surface area contributed by atoms with Crippen molar-refractivity contribution in [2.45, 2.75) is 19.2 Å². The first kappa shape index (κ1) is 14.9. The molecule has 0 fully saturated rings. The highest BCUT2D eigenvalue weighted by atomic mass is 79.9. The first-order chi connectivity index (χ1) is 9.99. The molecule has 0 amide bonds. The summed E-state index contributed by atoms with van der Waals surface area (Å²) in [6.07, 6.45) is 0. The lowest BCUT2D eigenvalue weighted by Gasteiger charge is -2.12. The van der Waals surface area contributed by atoms with Gasteiger partial charge in [0, 0.05) is 4.47 Å². The summed E-state index contributed by atoms with van der Waals surface area (Å²) in [6.45, 7) is 3.97. The Morgan fingerprint density at radius 2 is 2.00 bits per heavy atom. The summed E-state index contributed by atoms with van der Waals surface area (Å²) >= 11 is 16.2. The molecule has 5 heteroatoms. The number of fused-ring (bicyclic) bond motifs is 1. The third-order valence-corrected chi connectivity index (χ3v) is 4.41. The highest BCUT2D eigenvalue weighted by Gasteiger charge is 2.18. The van der Waals surface area contributed by atoms with E-state index in [9.17, 15) is 0 Å². The molecule has 3 rings (SSSR count). The zero-order chi connectivity index (χ0) is 15.1. The Labute approximate surface area is 141 Å². The average molecular weight is 384 g/mol. The van der Waals surface area contributed by atoms with Crippen LogP contribution in [0.5, 0.6) is 0 Å². The molecule has 2 nitrogen and oxygen atoms in total. The van der Waals surface area contributed by atoms with Crippen LogP contribution in [-0.4, -0.2) is 9.55 Å². The largest absolute Gasteiger partial charge is 0.294 e. The first-order valence-electron chi connectivity index (χ1n) is 6.56. The molecule has 0 saturated heterocycles. The Hall–Kier alpha value is -1.03. The molecule has 1 aromatic heterocycles. The molecule has 1 atom stereocenters. The summed E-state index contributed by atoms with van der Waals surface area (Å²) in [7, 11) is 0. The second-order valence-electron chi connectivity index (χ2n) is 4.96. The van der Waals surface area contributed by atoms with Gasteiger partial charge in [0.1, 0.15) is 5.82 Å². The molecule has 21 heavy (non-hydrogen) atoms. The van der Waals surface area contributed by atoms with Crippen LogP contribution in [0.1, 0.15) is 23.7 Å². The van der Waals surface area contributed by atoms with Gasteiger partial charge < -0.3 is 0 Å². The van der Waals surface area contributed by atoms with E-state index in [2.05, 4.69) is 15.9 Å². The zero-order valence-electron chi connectivity index (χ0n) is 11.6. The number of hydrogen-bond acceptors (Lipinski definition) is 1. The monoisotopic (exact) mass is 382 g/mol. The van der Waals surface area contributed by atoms with Gasteiger partial charge in [0.15, 0.2) is 0 Å². The van der Waals surface area contributed by atoms with E-state index in [1.807, 2.05) is 54.8 Å². The van der Waals surface area contributed by atoms with E-state index in [1.165, 1.54) is 0 Å².